The first-order chi connectivity index (χ1) is 30.7. The molecule has 0 aliphatic carbocycles. The van der Waals surface area contributed by atoms with E-state index in [1.54, 1.807) is 0 Å². The van der Waals surface area contributed by atoms with Crippen molar-refractivity contribution in [2.45, 2.75) is 258 Å². The Labute approximate surface area is 405 Å². The maximum absolute atomic E-state index is 4.96. The molecule has 0 spiro atoms. The molecule has 2 nitrogen and oxygen atoms in total. The van der Waals surface area contributed by atoms with E-state index in [0.717, 1.165) is 42.8 Å². The quantitative estimate of drug-likeness (QED) is 0.0275. The third-order valence-corrected chi connectivity index (χ3v) is 12.3. The molecule has 0 atom stereocenters. The maximum atomic E-state index is 4.96. The second-order valence-electron chi connectivity index (χ2n) is 18.3. The number of hydrogen-bond donors (Lipinski definition) is 0. The fraction of sp³-hybridized carbons (Fsp3) is 0.667. The summed E-state index contributed by atoms with van der Waals surface area (Å²) in [5, 5.41) is 0. The molecule has 63 heavy (non-hydrogen) atoms. The van der Waals surface area contributed by atoms with Crippen molar-refractivity contribution in [3.63, 3.8) is 0 Å². The topological polar surface area (TPSA) is 24.7 Å². The van der Waals surface area contributed by atoms with Gasteiger partial charge in [-0.15, -0.1) is 0 Å². The smallest absolute Gasteiger partial charge is 0.132 e. The molecule has 0 aromatic heterocycles. The summed E-state index contributed by atoms with van der Waals surface area (Å²) >= 11 is 0. The molecular weight excluding hydrogens is 855 g/mol. The summed E-state index contributed by atoms with van der Waals surface area (Å²) in [7, 11) is 0. The molecule has 0 aliphatic heterocycles. The van der Waals surface area contributed by atoms with E-state index in [1.165, 1.54) is 223 Å². The zero-order valence-electron chi connectivity index (χ0n) is 41.4. The zero-order chi connectivity index (χ0) is 44.1. The largest absolute Gasteiger partial charge is 0.254 e. The molecule has 0 heterocycles. The second-order valence-corrected chi connectivity index (χ2v) is 18.3. The van der Waals surface area contributed by atoms with Gasteiger partial charge in [0.1, 0.15) is 5.71 Å². The Bertz CT molecular complexity index is 1450. The van der Waals surface area contributed by atoms with E-state index in [0.29, 0.717) is 0 Å². The third-order valence-electron chi connectivity index (χ3n) is 12.3. The van der Waals surface area contributed by atoms with Crippen molar-refractivity contribution >= 4 is 35.5 Å². The molecule has 0 aliphatic rings. The Morgan fingerprint density at radius 2 is 0.714 bits per heavy atom. The number of benzene rings is 2. The molecule has 2 rings (SSSR count). The Kier molecular flexibility index (Phi) is 42.7. The van der Waals surface area contributed by atoms with Crippen molar-refractivity contribution in [3.8, 4) is 11.8 Å². The van der Waals surface area contributed by atoms with Crippen LogP contribution in [0.15, 0.2) is 70.7 Å². The van der Waals surface area contributed by atoms with Crippen LogP contribution in [0.3, 0.4) is 0 Å². The summed E-state index contributed by atoms with van der Waals surface area (Å²) in [5.74, 6) is 6.82. The molecule has 0 saturated carbocycles. The van der Waals surface area contributed by atoms with Gasteiger partial charge in [-0.25, -0.2) is 4.99 Å². The predicted octanol–water partition coefficient (Wildman–Crippen LogP) is 20.7. The fourth-order valence-corrected chi connectivity index (χ4v) is 8.19. The van der Waals surface area contributed by atoms with Crippen LogP contribution in [0, 0.1) is 11.8 Å². The number of allylic oxidation sites excluding steroid dienone is 2. The van der Waals surface area contributed by atoms with E-state index in [2.05, 4.69) is 105 Å². The Hall–Kier alpha value is -2.52. The maximum Gasteiger partial charge on any atom is 0.132 e. The first-order valence-electron chi connectivity index (χ1n) is 26.9. The molecule has 0 saturated heterocycles. The van der Waals surface area contributed by atoms with Gasteiger partial charge >= 0.3 is 0 Å². The van der Waals surface area contributed by atoms with E-state index >= 15 is 0 Å². The minimum Gasteiger partial charge on any atom is -0.254 e. The van der Waals surface area contributed by atoms with Gasteiger partial charge in [0.05, 0.1) is 17.6 Å². The third kappa shape index (κ3) is 37.4. The van der Waals surface area contributed by atoms with E-state index < -0.39 is 0 Å². The van der Waals surface area contributed by atoms with Crippen molar-refractivity contribution in [1.82, 2.24) is 0 Å². The normalized spacial score (nSPS) is 11.8. The molecule has 0 N–H and O–H groups in total. The second kappa shape index (κ2) is 46.0. The molecular formula is C60H96N2Pd. The molecule has 2 aromatic carbocycles. The van der Waals surface area contributed by atoms with Crippen LogP contribution in [0.4, 0.5) is 11.4 Å². The van der Waals surface area contributed by atoms with Gasteiger partial charge in [0.2, 0.25) is 0 Å². The first kappa shape index (κ1) is 58.5. The summed E-state index contributed by atoms with van der Waals surface area (Å²) in [6.07, 6.45) is 61.2. The standard InChI is InChI=1S/C60H96N2.Pd/c1-4-7-10-13-16-19-22-23-24-25-26-27-28-31-34-37-40-43-46-60(62-59-53-49-57(50-54-59)45-42-39-36-33-30-21-18-15-12-9-6-3)55-61-58-51-47-56(48-52-58)44-41-38-35-32-29-20-17-14-11-8-5-2;/h41-42,44-45,47-55H,4-40H2,1-3H3;. The monoisotopic (exact) mass is 951 g/mol. The predicted molar refractivity (Wildman–Crippen MR) is 282 cm³/mol. The van der Waals surface area contributed by atoms with Crippen LogP contribution >= 0.6 is 0 Å². The van der Waals surface area contributed by atoms with Crippen LogP contribution in [0.25, 0.3) is 12.2 Å². The first-order valence-corrected chi connectivity index (χ1v) is 26.9. The molecule has 0 bridgehead atoms. The van der Waals surface area contributed by atoms with Crippen LogP contribution in [0.5, 0.6) is 0 Å². The average molecular weight is 952 g/mol. The summed E-state index contributed by atoms with van der Waals surface area (Å²) < 4.78 is 0. The molecule has 0 amide bonds. The number of unbranched alkanes of at least 4 members (excludes halogenated alkanes) is 34. The van der Waals surface area contributed by atoms with Crippen molar-refractivity contribution < 1.29 is 20.4 Å². The van der Waals surface area contributed by atoms with Gasteiger partial charge in [-0.05, 0) is 73.4 Å². The number of hydrogen-bond acceptors (Lipinski definition) is 2. The van der Waals surface area contributed by atoms with Gasteiger partial charge in [0, 0.05) is 26.8 Å². The molecule has 0 radical (unpaired) electrons. The molecule has 0 fully saturated rings. The van der Waals surface area contributed by atoms with Gasteiger partial charge in [-0.3, -0.25) is 4.99 Å². The molecule has 356 valence electrons. The van der Waals surface area contributed by atoms with Gasteiger partial charge in [0.25, 0.3) is 0 Å². The van der Waals surface area contributed by atoms with Gasteiger partial charge < -0.3 is 0 Å². The number of rotatable bonds is 41. The van der Waals surface area contributed by atoms with Crippen molar-refractivity contribution in [3.05, 3.63) is 71.8 Å². The van der Waals surface area contributed by atoms with Crippen LogP contribution in [-0.4, -0.2) is 11.9 Å². The van der Waals surface area contributed by atoms with Crippen LogP contribution in [0.1, 0.15) is 269 Å². The minimum absolute atomic E-state index is 0. The molecule has 3 heteroatoms. The summed E-state index contributed by atoms with van der Waals surface area (Å²) in [6.45, 7) is 6.88. The van der Waals surface area contributed by atoms with Crippen molar-refractivity contribution in [1.29, 1.82) is 0 Å². The van der Waals surface area contributed by atoms with Crippen LogP contribution in [-0.2, 0) is 20.4 Å². The summed E-state index contributed by atoms with van der Waals surface area (Å²) in [4.78, 5) is 9.78. The number of nitrogens with zero attached hydrogens (tertiary/aromatic N) is 2. The molecule has 0 unspecified atom stereocenters. The fourth-order valence-electron chi connectivity index (χ4n) is 8.19. The Balaban J connectivity index is 0.0000198. The van der Waals surface area contributed by atoms with Crippen molar-refractivity contribution in [2.75, 3.05) is 0 Å². The summed E-state index contributed by atoms with van der Waals surface area (Å²) in [6, 6.07) is 17.1. The van der Waals surface area contributed by atoms with Gasteiger partial charge in [-0.2, -0.15) is 0 Å². The zero-order valence-corrected chi connectivity index (χ0v) is 42.9. The van der Waals surface area contributed by atoms with E-state index in [-0.39, 0.29) is 20.4 Å². The van der Waals surface area contributed by atoms with E-state index in [1.807, 2.05) is 6.21 Å². The van der Waals surface area contributed by atoms with Crippen LogP contribution in [0.2, 0.25) is 0 Å². The SMILES string of the molecule is CCCCCCCCCCCC=Cc1ccc(N=CC(C#CCCCCCCCCCCCCCCCCCC)=Nc2ccc(C=CCCCCCCCCCCC)cc2)cc1.[Pd]. The Morgan fingerprint density at radius 1 is 0.397 bits per heavy atom. The number of aliphatic imine (C=N–C) groups is 2. The van der Waals surface area contributed by atoms with Crippen molar-refractivity contribution in [2.24, 2.45) is 9.98 Å². The Morgan fingerprint density at radius 3 is 1.08 bits per heavy atom. The van der Waals surface area contributed by atoms with Gasteiger partial charge in [0.15, 0.2) is 0 Å². The molecule has 2 aromatic rings. The van der Waals surface area contributed by atoms with Crippen LogP contribution < -0.4 is 0 Å². The summed E-state index contributed by atoms with van der Waals surface area (Å²) in [5.41, 5.74) is 5.04. The van der Waals surface area contributed by atoms with E-state index in [9.17, 15) is 0 Å². The average Bonchev–Trinajstić information content (AvgIpc) is 3.29. The minimum atomic E-state index is 0. The van der Waals surface area contributed by atoms with E-state index in [4.69, 9.17) is 9.98 Å². The van der Waals surface area contributed by atoms with Gasteiger partial charge in [-0.1, -0.05) is 274 Å².